The Labute approximate surface area is 117 Å². The van der Waals surface area contributed by atoms with Crippen LogP contribution >= 0.6 is 11.6 Å². The van der Waals surface area contributed by atoms with Crippen LogP contribution in [-0.4, -0.2) is 11.7 Å². The quantitative estimate of drug-likeness (QED) is 0.866. The monoisotopic (exact) mass is 277 g/mol. The van der Waals surface area contributed by atoms with Crippen LogP contribution in [0.15, 0.2) is 42.5 Å². The molecule has 0 aliphatic carbocycles. The molecule has 2 rings (SSSR count). The van der Waals surface area contributed by atoms with Crippen molar-refractivity contribution in [3.05, 3.63) is 53.1 Å². The molecule has 0 spiro atoms. The fraction of sp³-hybridized carbons (Fsp3) is 0.200. The first-order chi connectivity index (χ1) is 9.19. The van der Waals surface area contributed by atoms with E-state index >= 15 is 0 Å². The van der Waals surface area contributed by atoms with Gasteiger partial charge in [-0.2, -0.15) is 0 Å². The second-order valence-corrected chi connectivity index (χ2v) is 4.51. The summed E-state index contributed by atoms with van der Waals surface area (Å²) in [5.41, 5.74) is 2.02. The van der Waals surface area contributed by atoms with Crippen molar-refractivity contribution in [2.75, 3.05) is 11.9 Å². The topological polar surface area (TPSA) is 41.5 Å². The molecule has 0 saturated carbocycles. The van der Waals surface area contributed by atoms with Crippen molar-refractivity contribution in [2.24, 2.45) is 0 Å². The summed E-state index contributed by atoms with van der Waals surface area (Å²) in [6, 6.07) is 12.7. The van der Waals surface area contributed by atoms with E-state index in [0.29, 0.717) is 23.9 Å². The van der Waals surface area contributed by atoms with Crippen molar-refractivity contribution in [1.82, 2.24) is 0 Å². The zero-order valence-corrected chi connectivity index (χ0v) is 11.4. The van der Waals surface area contributed by atoms with E-state index in [0.717, 1.165) is 11.3 Å². The van der Waals surface area contributed by atoms with Gasteiger partial charge in [0.25, 0.3) is 0 Å². The van der Waals surface area contributed by atoms with Gasteiger partial charge in [0.05, 0.1) is 11.6 Å². The summed E-state index contributed by atoms with van der Waals surface area (Å²) < 4.78 is 5.38. The Morgan fingerprint density at radius 3 is 2.53 bits per heavy atom. The molecule has 2 aromatic rings. The highest BCUT2D eigenvalue weighted by Gasteiger charge is 2.02. The van der Waals surface area contributed by atoms with E-state index in [1.54, 1.807) is 12.1 Å². The highest BCUT2D eigenvalue weighted by Crippen LogP contribution is 2.27. The maximum absolute atomic E-state index is 9.21. The van der Waals surface area contributed by atoms with Crippen LogP contribution in [0.2, 0.25) is 5.02 Å². The lowest BCUT2D eigenvalue weighted by molar-refractivity contribution is 0.340. The van der Waals surface area contributed by atoms with E-state index < -0.39 is 0 Å². The van der Waals surface area contributed by atoms with Gasteiger partial charge in [0, 0.05) is 12.2 Å². The number of ether oxygens (including phenoxy) is 1. The lowest BCUT2D eigenvalue weighted by Gasteiger charge is -2.10. The van der Waals surface area contributed by atoms with Crippen LogP contribution < -0.4 is 10.1 Å². The number of aromatic hydroxyl groups is 1. The number of benzene rings is 2. The van der Waals surface area contributed by atoms with Gasteiger partial charge in [-0.3, -0.25) is 0 Å². The van der Waals surface area contributed by atoms with Crippen molar-refractivity contribution in [1.29, 1.82) is 0 Å². The summed E-state index contributed by atoms with van der Waals surface area (Å²) in [6.45, 7) is 3.19. The van der Waals surface area contributed by atoms with E-state index in [-0.39, 0.29) is 5.75 Å². The molecule has 0 atom stereocenters. The Morgan fingerprint density at radius 2 is 1.89 bits per heavy atom. The van der Waals surface area contributed by atoms with Gasteiger partial charge in [0.1, 0.15) is 11.5 Å². The summed E-state index contributed by atoms with van der Waals surface area (Å²) in [5, 5.41) is 13.1. The minimum Gasteiger partial charge on any atom is -0.508 e. The van der Waals surface area contributed by atoms with Crippen LogP contribution in [0.1, 0.15) is 12.5 Å². The third kappa shape index (κ3) is 3.80. The fourth-order valence-electron chi connectivity index (χ4n) is 1.70. The van der Waals surface area contributed by atoms with E-state index in [9.17, 15) is 5.11 Å². The number of phenols is 1. The Hall–Kier alpha value is -1.87. The van der Waals surface area contributed by atoms with E-state index in [2.05, 4.69) is 5.32 Å². The van der Waals surface area contributed by atoms with Gasteiger partial charge < -0.3 is 15.2 Å². The van der Waals surface area contributed by atoms with Crippen LogP contribution in [0.25, 0.3) is 0 Å². The Bertz CT molecular complexity index is 540. The summed E-state index contributed by atoms with van der Waals surface area (Å²) in [5.74, 6) is 0.965. The number of anilines is 1. The molecule has 0 aliphatic heterocycles. The van der Waals surface area contributed by atoms with Gasteiger partial charge >= 0.3 is 0 Å². The second-order valence-electron chi connectivity index (χ2n) is 4.10. The third-order valence-corrected chi connectivity index (χ3v) is 2.96. The SMILES string of the molecule is CCOc1ccc(NCc2ccc(O)cc2)cc1Cl. The largest absolute Gasteiger partial charge is 0.508 e. The van der Waals surface area contributed by atoms with Gasteiger partial charge in [-0.05, 0) is 42.8 Å². The first kappa shape index (κ1) is 13.6. The Morgan fingerprint density at radius 1 is 1.16 bits per heavy atom. The highest BCUT2D eigenvalue weighted by molar-refractivity contribution is 6.32. The van der Waals surface area contributed by atoms with Crippen LogP contribution in [-0.2, 0) is 6.54 Å². The van der Waals surface area contributed by atoms with Gasteiger partial charge in [0.15, 0.2) is 0 Å². The van der Waals surface area contributed by atoms with Crippen molar-refractivity contribution in [2.45, 2.75) is 13.5 Å². The second kappa shape index (κ2) is 6.34. The molecule has 2 aromatic carbocycles. The molecule has 3 nitrogen and oxygen atoms in total. The first-order valence-electron chi connectivity index (χ1n) is 6.13. The molecular weight excluding hydrogens is 262 g/mol. The van der Waals surface area contributed by atoms with E-state index in [4.69, 9.17) is 16.3 Å². The maximum atomic E-state index is 9.21. The van der Waals surface area contributed by atoms with Crippen LogP contribution in [0.5, 0.6) is 11.5 Å². The average Bonchev–Trinajstić information content (AvgIpc) is 2.41. The smallest absolute Gasteiger partial charge is 0.138 e. The molecule has 4 heteroatoms. The minimum absolute atomic E-state index is 0.271. The zero-order valence-electron chi connectivity index (χ0n) is 10.7. The zero-order chi connectivity index (χ0) is 13.7. The normalized spacial score (nSPS) is 10.2. The van der Waals surface area contributed by atoms with Gasteiger partial charge in [-0.25, -0.2) is 0 Å². The van der Waals surface area contributed by atoms with E-state index in [1.807, 2.05) is 37.3 Å². The summed E-state index contributed by atoms with van der Waals surface area (Å²) in [4.78, 5) is 0. The van der Waals surface area contributed by atoms with Gasteiger partial charge in [-0.1, -0.05) is 23.7 Å². The molecule has 0 fully saturated rings. The molecule has 0 unspecified atom stereocenters. The van der Waals surface area contributed by atoms with Crippen LogP contribution in [0.4, 0.5) is 5.69 Å². The molecule has 0 aromatic heterocycles. The summed E-state index contributed by atoms with van der Waals surface area (Å²) in [7, 11) is 0. The fourth-order valence-corrected chi connectivity index (χ4v) is 1.94. The first-order valence-corrected chi connectivity index (χ1v) is 6.51. The molecule has 100 valence electrons. The number of rotatable bonds is 5. The third-order valence-electron chi connectivity index (χ3n) is 2.66. The predicted molar refractivity (Wildman–Crippen MR) is 78.1 cm³/mol. The lowest BCUT2D eigenvalue weighted by atomic mass is 10.2. The number of halogens is 1. The Kier molecular flexibility index (Phi) is 4.53. The van der Waals surface area contributed by atoms with Crippen molar-refractivity contribution >= 4 is 17.3 Å². The van der Waals surface area contributed by atoms with Gasteiger partial charge in [0.2, 0.25) is 0 Å². The average molecular weight is 278 g/mol. The number of hydrogen-bond donors (Lipinski definition) is 2. The standard InChI is InChI=1S/C15H16ClNO2/c1-2-19-15-8-5-12(9-14(15)16)17-10-11-3-6-13(18)7-4-11/h3-9,17-18H,2,10H2,1H3. The summed E-state index contributed by atoms with van der Waals surface area (Å²) >= 11 is 6.11. The van der Waals surface area contributed by atoms with Crippen molar-refractivity contribution < 1.29 is 9.84 Å². The lowest BCUT2D eigenvalue weighted by Crippen LogP contribution is -1.99. The molecule has 0 aliphatic rings. The van der Waals surface area contributed by atoms with Crippen molar-refractivity contribution in [3.63, 3.8) is 0 Å². The van der Waals surface area contributed by atoms with Crippen LogP contribution in [0, 0.1) is 0 Å². The number of hydrogen-bond acceptors (Lipinski definition) is 3. The highest BCUT2D eigenvalue weighted by atomic mass is 35.5. The molecule has 0 bridgehead atoms. The molecule has 0 amide bonds. The number of phenolic OH excluding ortho intramolecular Hbond substituents is 1. The van der Waals surface area contributed by atoms with Crippen LogP contribution in [0.3, 0.4) is 0 Å². The summed E-state index contributed by atoms with van der Waals surface area (Å²) in [6.07, 6.45) is 0. The number of nitrogens with one attached hydrogen (secondary N) is 1. The predicted octanol–water partition coefficient (Wildman–Crippen LogP) is 4.06. The molecule has 0 heterocycles. The molecular formula is C15H16ClNO2. The van der Waals surface area contributed by atoms with Crippen molar-refractivity contribution in [3.8, 4) is 11.5 Å². The maximum Gasteiger partial charge on any atom is 0.138 e. The minimum atomic E-state index is 0.271. The van der Waals surface area contributed by atoms with E-state index in [1.165, 1.54) is 0 Å². The Balaban J connectivity index is 1.99. The molecule has 2 N–H and O–H groups in total. The van der Waals surface area contributed by atoms with Gasteiger partial charge in [-0.15, -0.1) is 0 Å². The molecule has 19 heavy (non-hydrogen) atoms. The molecule has 0 radical (unpaired) electrons. The molecule has 0 saturated heterocycles.